The van der Waals surface area contributed by atoms with Crippen molar-refractivity contribution in [1.29, 1.82) is 0 Å². The molecule has 0 spiro atoms. The predicted molar refractivity (Wildman–Crippen MR) is 121 cm³/mol. The van der Waals surface area contributed by atoms with Crippen LogP contribution in [0, 0.1) is 20.8 Å². The quantitative estimate of drug-likeness (QED) is 0.564. The molecule has 0 unspecified atom stereocenters. The second kappa shape index (κ2) is 9.56. The van der Waals surface area contributed by atoms with Crippen molar-refractivity contribution in [2.75, 3.05) is 26.2 Å². The van der Waals surface area contributed by atoms with Gasteiger partial charge in [-0.05, 0) is 51.0 Å². The number of nitrogens with zero attached hydrogens (tertiary/aromatic N) is 5. The topological polar surface area (TPSA) is 76.6 Å². The second-order valence-corrected chi connectivity index (χ2v) is 8.45. The average molecular weight is 438 g/mol. The van der Waals surface area contributed by atoms with Gasteiger partial charge in [0.25, 0.3) is 5.91 Å². The number of piperazine rings is 1. The third-order valence-electron chi connectivity index (χ3n) is 5.84. The average Bonchev–Trinajstić information content (AvgIpc) is 3.37. The van der Waals surface area contributed by atoms with E-state index in [9.17, 15) is 4.79 Å². The molecule has 1 fully saturated rings. The van der Waals surface area contributed by atoms with Gasteiger partial charge in [-0.2, -0.15) is 5.10 Å². The molecule has 0 aliphatic carbocycles. The number of rotatable bonds is 7. The molecule has 0 atom stereocenters. The van der Waals surface area contributed by atoms with Crippen molar-refractivity contribution < 1.29 is 14.1 Å². The van der Waals surface area contributed by atoms with Crippen LogP contribution in [0.1, 0.15) is 45.4 Å². The van der Waals surface area contributed by atoms with Crippen molar-refractivity contribution in [2.45, 2.75) is 47.4 Å². The van der Waals surface area contributed by atoms with E-state index in [1.165, 1.54) is 5.56 Å². The maximum atomic E-state index is 13.2. The van der Waals surface area contributed by atoms with Gasteiger partial charge in [-0.3, -0.25) is 14.4 Å². The summed E-state index contributed by atoms with van der Waals surface area (Å²) in [6, 6.07) is 6.07. The van der Waals surface area contributed by atoms with E-state index in [4.69, 9.17) is 9.26 Å². The van der Waals surface area contributed by atoms with Gasteiger partial charge in [0, 0.05) is 51.0 Å². The maximum Gasteiger partial charge on any atom is 0.276 e. The van der Waals surface area contributed by atoms with Crippen LogP contribution in [0.25, 0.3) is 0 Å². The molecular weight excluding hydrogens is 406 g/mol. The lowest BCUT2D eigenvalue weighted by molar-refractivity contribution is 0.0616. The zero-order chi connectivity index (χ0) is 22.7. The summed E-state index contributed by atoms with van der Waals surface area (Å²) in [5.74, 6) is 1.30. The molecule has 170 valence electrons. The minimum Gasteiger partial charge on any atom is -0.489 e. The largest absolute Gasteiger partial charge is 0.489 e. The monoisotopic (exact) mass is 437 g/mol. The van der Waals surface area contributed by atoms with Crippen molar-refractivity contribution >= 4 is 5.91 Å². The molecule has 3 heterocycles. The Kier molecular flexibility index (Phi) is 6.60. The van der Waals surface area contributed by atoms with Crippen LogP contribution in [-0.2, 0) is 19.7 Å². The highest BCUT2D eigenvalue weighted by Crippen LogP contribution is 2.22. The van der Waals surface area contributed by atoms with E-state index in [0.717, 1.165) is 43.1 Å². The lowest BCUT2D eigenvalue weighted by Gasteiger charge is -2.34. The molecule has 1 aliphatic heterocycles. The van der Waals surface area contributed by atoms with Gasteiger partial charge in [-0.25, -0.2) is 0 Å². The number of hydrogen-bond donors (Lipinski definition) is 0. The Labute approximate surface area is 188 Å². The highest BCUT2D eigenvalue weighted by Gasteiger charge is 2.28. The Bertz CT molecular complexity index is 1060. The third-order valence-corrected chi connectivity index (χ3v) is 5.84. The van der Waals surface area contributed by atoms with Gasteiger partial charge in [0.2, 0.25) is 0 Å². The molecule has 32 heavy (non-hydrogen) atoms. The van der Waals surface area contributed by atoms with Crippen molar-refractivity contribution in [3.8, 4) is 5.75 Å². The molecule has 4 rings (SSSR count). The van der Waals surface area contributed by atoms with Crippen molar-refractivity contribution in [3.63, 3.8) is 0 Å². The van der Waals surface area contributed by atoms with Gasteiger partial charge >= 0.3 is 0 Å². The number of hydrogen-bond acceptors (Lipinski definition) is 6. The molecule has 0 saturated carbocycles. The van der Waals surface area contributed by atoms with Crippen molar-refractivity contribution in [3.05, 3.63) is 64.3 Å². The van der Waals surface area contributed by atoms with Crippen LogP contribution >= 0.6 is 0 Å². The molecule has 1 aromatic carbocycles. The van der Waals surface area contributed by atoms with E-state index in [1.807, 2.05) is 48.7 Å². The summed E-state index contributed by atoms with van der Waals surface area (Å²) in [5.41, 5.74) is 4.54. The van der Waals surface area contributed by atoms with Crippen LogP contribution in [0.3, 0.4) is 0 Å². The molecule has 3 aromatic rings. The summed E-state index contributed by atoms with van der Waals surface area (Å²) in [6.45, 7) is 12.9. The lowest BCUT2D eigenvalue weighted by atomic mass is 10.1. The Morgan fingerprint density at radius 3 is 2.47 bits per heavy atom. The van der Waals surface area contributed by atoms with Gasteiger partial charge in [0.05, 0.1) is 11.8 Å². The summed E-state index contributed by atoms with van der Waals surface area (Å²) in [7, 11) is 0. The molecule has 1 aliphatic rings. The molecular formula is C24H31N5O3. The van der Waals surface area contributed by atoms with Gasteiger partial charge in [0.1, 0.15) is 18.1 Å². The second-order valence-electron chi connectivity index (χ2n) is 8.45. The van der Waals surface area contributed by atoms with Crippen LogP contribution in [0.15, 0.2) is 35.1 Å². The smallest absolute Gasteiger partial charge is 0.276 e. The maximum absolute atomic E-state index is 13.2. The van der Waals surface area contributed by atoms with Crippen molar-refractivity contribution in [2.24, 2.45) is 0 Å². The number of carbonyl (C=O) groups excluding carboxylic acids is 1. The number of benzene rings is 1. The van der Waals surface area contributed by atoms with E-state index in [-0.39, 0.29) is 12.5 Å². The fourth-order valence-corrected chi connectivity index (χ4v) is 4.08. The molecule has 0 radical (unpaired) electrons. The van der Waals surface area contributed by atoms with Gasteiger partial charge in [0.15, 0.2) is 5.69 Å². The third kappa shape index (κ3) is 5.02. The van der Waals surface area contributed by atoms with Gasteiger partial charge < -0.3 is 14.2 Å². The fourth-order valence-electron chi connectivity index (χ4n) is 4.08. The minimum atomic E-state index is -0.0978. The Morgan fingerprint density at radius 2 is 1.81 bits per heavy atom. The predicted octanol–water partition coefficient (Wildman–Crippen LogP) is 3.35. The van der Waals surface area contributed by atoms with Crippen LogP contribution in [-0.4, -0.2) is 56.8 Å². The molecule has 1 saturated heterocycles. The summed E-state index contributed by atoms with van der Waals surface area (Å²) < 4.78 is 13.3. The van der Waals surface area contributed by atoms with Crippen LogP contribution in [0.5, 0.6) is 5.75 Å². The first-order chi connectivity index (χ1) is 15.4. The number of carbonyl (C=O) groups is 1. The lowest BCUT2D eigenvalue weighted by Crippen LogP contribution is -2.48. The molecule has 2 aromatic heterocycles. The SMILES string of the molecule is CCn1cc(CN2CCN(C(=O)c3noc(C)c3COc3cc(C)cc(C)c3)CC2)cn1. The zero-order valence-electron chi connectivity index (χ0n) is 19.3. The van der Waals surface area contributed by atoms with E-state index < -0.39 is 0 Å². The first kappa shape index (κ1) is 22.1. The van der Waals surface area contributed by atoms with Crippen LogP contribution in [0.2, 0.25) is 0 Å². The van der Waals surface area contributed by atoms with Gasteiger partial charge in [-0.1, -0.05) is 11.2 Å². The Hall–Kier alpha value is -3.13. The summed E-state index contributed by atoms with van der Waals surface area (Å²) in [6.07, 6.45) is 4.00. The molecule has 0 bridgehead atoms. The molecule has 8 nitrogen and oxygen atoms in total. The first-order valence-electron chi connectivity index (χ1n) is 11.1. The number of aryl methyl sites for hydroxylation is 4. The summed E-state index contributed by atoms with van der Waals surface area (Å²) in [5, 5.41) is 8.41. The van der Waals surface area contributed by atoms with E-state index >= 15 is 0 Å². The van der Waals surface area contributed by atoms with Crippen LogP contribution < -0.4 is 4.74 Å². The van der Waals surface area contributed by atoms with E-state index in [2.05, 4.69) is 34.3 Å². The fraction of sp³-hybridized carbons (Fsp3) is 0.458. The summed E-state index contributed by atoms with van der Waals surface area (Å²) >= 11 is 0. The highest BCUT2D eigenvalue weighted by molar-refractivity contribution is 5.93. The highest BCUT2D eigenvalue weighted by atomic mass is 16.5. The normalized spacial score (nSPS) is 14.7. The Morgan fingerprint density at radius 1 is 1.09 bits per heavy atom. The standard InChI is InChI=1S/C24H31N5O3/c1-5-29-15-20(13-25-29)14-27-6-8-28(9-7-27)24(30)23-22(19(4)32-26-23)16-31-21-11-17(2)10-18(3)12-21/h10-13,15H,5-9,14,16H2,1-4H3. The van der Waals surface area contributed by atoms with E-state index in [0.29, 0.717) is 30.1 Å². The number of aromatic nitrogens is 3. The minimum absolute atomic E-state index is 0.0978. The number of ether oxygens (including phenoxy) is 1. The van der Waals surface area contributed by atoms with Crippen molar-refractivity contribution in [1.82, 2.24) is 24.7 Å². The van der Waals surface area contributed by atoms with Gasteiger partial charge in [-0.15, -0.1) is 0 Å². The van der Waals surface area contributed by atoms with E-state index in [1.54, 1.807) is 0 Å². The Balaban J connectivity index is 1.36. The summed E-state index contributed by atoms with van der Waals surface area (Å²) in [4.78, 5) is 17.4. The van der Waals surface area contributed by atoms with Crippen LogP contribution in [0.4, 0.5) is 0 Å². The first-order valence-corrected chi connectivity index (χ1v) is 11.1. The molecule has 0 N–H and O–H groups in total. The zero-order valence-corrected chi connectivity index (χ0v) is 19.3. The molecule has 8 heteroatoms. The molecule has 1 amide bonds. The number of amides is 1.